The van der Waals surface area contributed by atoms with Gasteiger partial charge in [-0.2, -0.15) is 11.8 Å². The first-order chi connectivity index (χ1) is 7.74. The van der Waals surface area contributed by atoms with E-state index in [2.05, 4.69) is 10.4 Å². The molecule has 1 aromatic heterocycles. The summed E-state index contributed by atoms with van der Waals surface area (Å²) in [5.41, 5.74) is 1.06. The molecule has 1 saturated heterocycles. The van der Waals surface area contributed by atoms with Crippen LogP contribution >= 0.6 is 23.1 Å². The summed E-state index contributed by atoms with van der Waals surface area (Å²) >= 11 is 3.71. The molecule has 0 amide bonds. The van der Waals surface area contributed by atoms with Crippen LogP contribution in [0, 0.1) is 12.8 Å². The molecule has 1 atom stereocenters. The van der Waals surface area contributed by atoms with Gasteiger partial charge in [-0.25, -0.2) is 4.98 Å². The van der Waals surface area contributed by atoms with E-state index in [1.165, 1.54) is 24.3 Å². The molecule has 1 unspecified atom stereocenters. The number of hydrogen-bond acceptors (Lipinski definition) is 4. The number of nitrogens with zero attached hydrogens (tertiary/aromatic N) is 1. The fourth-order valence-corrected chi connectivity index (χ4v) is 4.02. The van der Waals surface area contributed by atoms with Crippen LogP contribution in [-0.4, -0.2) is 27.7 Å². The highest BCUT2D eigenvalue weighted by atomic mass is 32.2. The second-order valence-corrected chi connectivity index (χ2v) is 6.79. The zero-order chi connectivity index (χ0) is 11.4. The van der Waals surface area contributed by atoms with E-state index in [9.17, 15) is 5.11 Å². The highest BCUT2D eigenvalue weighted by molar-refractivity contribution is 7.99. The van der Waals surface area contributed by atoms with E-state index in [1.54, 1.807) is 11.3 Å². The Kier molecular flexibility index (Phi) is 4.67. The fraction of sp³-hybridized carbons (Fsp3) is 0.750. The van der Waals surface area contributed by atoms with Crippen LogP contribution in [-0.2, 0) is 6.42 Å². The van der Waals surface area contributed by atoms with Gasteiger partial charge in [0.15, 0.2) is 0 Å². The van der Waals surface area contributed by atoms with Gasteiger partial charge in [0.05, 0.1) is 16.8 Å². The third kappa shape index (κ3) is 3.75. The summed E-state index contributed by atoms with van der Waals surface area (Å²) in [6, 6.07) is 0. The summed E-state index contributed by atoms with van der Waals surface area (Å²) < 4.78 is 0. The fourth-order valence-electron chi connectivity index (χ4n) is 2.19. The predicted molar refractivity (Wildman–Crippen MR) is 71.2 cm³/mol. The average Bonchev–Trinajstić information content (AvgIpc) is 2.65. The van der Waals surface area contributed by atoms with Crippen LogP contribution in [0.4, 0.5) is 0 Å². The Morgan fingerprint density at radius 3 is 2.88 bits per heavy atom. The van der Waals surface area contributed by atoms with Crippen molar-refractivity contribution in [3.05, 3.63) is 16.1 Å². The first-order valence-corrected chi connectivity index (χ1v) is 7.94. The Morgan fingerprint density at radius 2 is 2.25 bits per heavy atom. The highest BCUT2D eigenvalue weighted by Gasteiger charge is 2.18. The molecule has 2 rings (SSSR count). The lowest BCUT2D eigenvalue weighted by atomic mass is 9.94. The van der Waals surface area contributed by atoms with Crippen LogP contribution in [0.25, 0.3) is 0 Å². The number of thioether (sulfide) groups is 1. The van der Waals surface area contributed by atoms with Gasteiger partial charge in [0, 0.05) is 11.8 Å². The van der Waals surface area contributed by atoms with Crippen molar-refractivity contribution in [2.75, 3.05) is 11.5 Å². The van der Waals surface area contributed by atoms with E-state index in [0.717, 1.165) is 29.5 Å². The topological polar surface area (TPSA) is 33.1 Å². The molecular weight excluding hydrogens is 238 g/mol. The third-order valence-corrected chi connectivity index (χ3v) is 4.93. The quantitative estimate of drug-likeness (QED) is 0.900. The molecule has 4 heteroatoms. The molecule has 1 aliphatic heterocycles. The third-order valence-electron chi connectivity index (χ3n) is 3.06. The van der Waals surface area contributed by atoms with Crippen LogP contribution in [0.15, 0.2) is 5.38 Å². The summed E-state index contributed by atoms with van der Waals surface area (Å²) in [7, 11) is 0. The van der Waals surface area contributed by atoms with Gasteiger partial charge in [0.25, 0.3) is 0 Å². The van der Waals surface area contributed by atoms with Crippen molar-refractivity contribution < 1.29 is 5.11 Å². The molecule has 0 aliphatic carbocycles. The summed E-state index contributed by atoms with van der Waals surface area (Å²) in [5.74, 6) is 3.27. The minimum Gasteiger partial charge on any atom is -0.393 e. The van der Waals surface area contributed by atoms with E-state index < -0.39 is 0 Å². The largest absolute Gasteiger partial charge is 0.393 e. The van der Waals surface area contributed by atoms with Crippen molar-refractivity contribution in [3.8, 4) is 0 Å². The normalized spacial score (nSPS) is 19.9. The minimum absolute atomic E-state index is 0.199. The number of hydrogen-bond donors (Lipinski definition) is 1. The van der Waals surface area contributed by atoms with E-state index >= 15 is 0 Å². The standard InChI is InChI=1S/C12H19NOS2/c1-9-13-11(8-16-9)7-12(14)6-10-2-4-15-5-3-10/h8,10,12,14H,2-7H2,1H3. The van der Waals surface area contributed by atoms with Crippen molar-refractivity contribution in [1.82, 2.24) is 4.98 Å². The molecule has 1 aromatic rings. The Morgan fingerprint density at radius 1 is 1.50 bits per heavy atom. The van der Waals surface area contributed by atoms with Crippen molar-refractivity contribution in [2.45, 2.75) is 38.7 Å². The van der Waals surface area contributed by atoms with Crippen LogP contribution < -0.4 is 0 Å². The number of aryl methyl sites for hydroxylation is 1. The molecule has 1 aliphatic rings. The predicted octanol–water partition coefficient (Wildman–Crippen LogP) is 2.89. The van der Waals surface area contributed by atoms with Gasteiger partial charge in [-0.3, -0.25) is 0 Å². The Bertz CT molecular complexity index is 321. The summed E-state index contributed by atoms with van der Waals surface area (Å²) in [5, 5.41) is 13.2. The van der Waals surface area contributed by atoms with Gasteiger partial charge in [0.2, 0.25) is 0 Å². The van der Waals surface area contributed by atoms with Gasteiger partial charge >= 0.3 is 0 Å². The average molecular weight is 257 g/mol. The number of aliphatic hydroxyl groups is 1. The first-order valence-electron chi connectivity index (χ1n) is 5.91. The second-order valence-electron chi connectivity index (χ2n) is 4.51. The smallest absolute Gasteiger partial charge is 0.0897 e. The zero-order valence-electron chi connectivity index (χ0n) is 9.69. The van der Waals surface area contributed by atoms with Crippen molar-refractivity contribution in [2.24, 2.45) is 5.92 Å². The number of rotatable bonds is 4. The lowest BCUT2D eigenvalue weighted by molar-refractivity contribution is 0.138. The molecular formula is C12H19NOS2. The first kappa shape index (κ1) is 12.4. The van der Waals surface area contributed by atoms with Crippen molar-refractivity contribution in [3.63, 3.8) is 0 Å². The van der Waals surface area contributed by atoms with Gasteiger partial charge in [-0.05, 0) is 43.6 Å². The van der Waals surface area contributed by atoms with Crippen LogP contribution in [0.2, 0.25) is 0 Å². The molecule has 0 saturated carbocycles. The zero-order valence-corrected chi connectivity index (χ0v) is 11.3. The van der Waals surface area contributed by atoms with Gasteiger partial charge in [-0.15, -0.1) is 11.3 Å². The summed E-state index contributed by atoms with van der Waals surface area (Å²) in [6.07, 6.45) is 4.04. The van der Waals surface area contributed by atoms with Crippen LogP contribution in [0.5, 0.6) is 0 Å². The highest BCUT2D eigenvalue weighted by Crippen LogP contribution is 2.27. The summed E-state index contributed by atoms with van der Waals surface area (Å²) in [4.78, 5) is 4.40. The number of aromatic nitrogens is 1. The SMILES string of the molecule is Cc1nc(CC(O)CC2CCSCC2)cs1. The van der Waals surface area contributed by atoms with Crippen molar-refractivity contribution in [1.29, 1.82) is 0 Å². The van der Waals surface area contributed by atoms with Crippen LogP contribution in [0.1, 0.15) is 30.0 Å². The maximum absolute atomic E-state index is 10.0. The molecule has 0 aromatic carbocycles. The summed E-state index contributed by atoms with van der Waals surface area (Å²) in [6.45, 7) is 2.01. The lowest BCUT2D eigenvalue weighted by Crippen LogP contribution is -2.19. The molecule has 0 radical (unpaired) electrons. The van der Waals surface area contributed by atoms with Crippen molar-refractivity contribution >= 4 is 23.1 Å². The van der Waals surface area contributed by atoms with Gasteiger partial charge in [0.1, 0.15) is 0 Å². The van der Waals surface area contributed by atoms with E-state index in [4.69, 9.17) is 0 Å². The number of thiazole rings is 1. The molecule has 16 heavy (non-hydrogen) atoms. The minimum atomic E-state index is -0.199. The monoisotopic (exact) mass is 257 g/mol. The maximum Gasteiger partial charge on any atom is 0.0897 e. The van der Waals surface area contributed by atoms with E-state index in [-0.39, 0.29) is 6.10 Å². The van der Waals surface area contributed by atoms with Crippen LogP contribution in [0.3, 0.4) is 0 Å². The van der Waals surface area contributed by atoms with E-state index in [1.807, 2.05) is 18.7 Å². The molecule has 0 spiro atoms. The van der Waals surface area contributed by atoms with E-state index in [0.29, 0.717) is 0 Å². The second kappa shape index (κ2) is 6.03. The molecule has 2 nitrogen and oxygen atoms in total. The Hall–Kier alpha value is -0.0600. The molecule has 1 N–H and O–H groups in total. The maximum atomic E-state index is 10.0. The Labute approximate surface area is 105 Å². The lowest BCUT2D eigenvalue weighted by Gasteiger charge is -2.23. The molecule has 2 heterocycles. The van der Waals surface area contributed by atoms with Gasteiger partial charge < -0.3 is 5.11 Å². The van der Waals surface area contributed by atoms with Gasteiger partial charge in [-0.1, -0.05) is 0 Å². The Balaban J connectivity index is 1.77. The molecule has 0 bridgehead atoms. The molecule has 1 fully saturated rings. The molecule has 90 valence electrons. The number of aliphatic hydroxyl groups excluding tert-OH is 1.